The molecule has 33 heavy (non-hydrogen) atoms. The number of nitro benzene ring substituents is 1. The maximum Gasteiger partial charge on any atom is 0.275 e. The number of nitrogens with one attached hydrogen (secondary N) is 1. The van der Waals surface area contributed by atoms with Crippen molar-refractivity contribution < 1.29 is 24.3 Å². The van der Waals surface area contributed by atoms with Gasteiger partial charge in [-0.15, -0.1) is 0 Å². The van der Waals surface area contributed by atoms with E-state index in [0.29, 0.717) is 21.5 Å². The van der Waals surface area contributed by atoms with Crippen LogP contribution in [-0.4, -0.2) is 29.3 Å². The average Bonchev–Trinajstić information content (AvgIpc) is 2.79. The first-order valence-corrected chi connectivity index (χ1v) is 11.2. The van der Waals surface area contributed by atoms with Crippen molar-refractivity contribution >= 4 is 56.3 Å². The second-order valence-electron chi connectivity index (χ2n) is 6.61. The Morgan fingerprint density at radius 2 is 1.97 bits per heavy atom. The summed E-state index contributed by atoms with van der Waals surface area (Å²) in [6.45, 7) is 0.198. The zero-order valence-corrected chi connectivity index (χ0v) is 20.9. The van der Waals surface area contributed by atoms with E-state index in [1.165, 1.54) is 37.6 Å². The zero-order valence-electron chi connectivity index (χ0n) is 17.1. The molecule has 0 aliphatic heterocycles. The fraction of sp³-hybridized carbons (Fsp3) is 0.0909. The first kappa shape index (κ1) is 24.5. The van der Waals surface area contributed by atoms with Crippen molar-refractivity contribution in [3.63, 3.8) is 0 Å². The number of rotatable bonds is 8. The molecule has 0 aromatic heterocycles. The van der Waals surface area contributed by atoms with Crippen molar-refractivity contribution in [2.75, 3.05) is 7.11 Å². The van der Waals surface area contributed by atoms with Gasteiger partial charge < -0.3 is 14.6 Å². The van der Waals surface area contributed by atoms with Crippen molar-refractivity contribution in [1.29, 1.82) is 0 Å². The van der Waals surface area contributed by atoms with Crippen LogP contribution in [0.4, 0.5) is 5.69 Å². The number of nitro groups is 1. The predicted octanol–water partition coefficient (Wildman–Crippen LogP) is 5.02. The van der Waals surface area contributed by atoms with Crippen LogP contribution in [0.25, 0.3) is 0 Å². The normalized spacial score (nSPS) is 10.8. The summed E-state index contributed by atoms with van der Waals surface area (Å²) < 4.78 is 12.7. The van der Waals surface area contributed by atoms with E-state index >= 15 is 0 Å². The minimum atomic E-state index is -0.560. The quantitative estimate of drug-likeness (QED) is 0.157. The highest BCUT2D eigenvalue weighted by Gasteiger charge is 2.13. The SMILES string of the molecule is COc1cc(/C=N\NC(=O)c2cc(Br)ccc2O)cc(I)c1OCc1ccc([N+](=O)[O-])cc1. The molecule has 11 heteroatoms. The van der Waals surface area contributed by atoms with Crippen molar-refractivity contribution in [1.82, 2.24) is 5.43 Å². The van der Waals surface area contributed by atoms with Gasteiger partial charge in [0.1, 0.15) is 12.4 Å². The number of benzene rings is 3. The number of phenols is 1. The summed E-state index contributed by atoms with van der Waals surface area (Å²) in [5, 5.41) is 24.6. The van der Waals surface area contributed by atoms with Gasteiger partial charge in [-0.05, 0) is 76.2 Å². The van der Waals surface area contributed by atoms with Crippen molar-refractivity contribution in [2.45, 2.75) is 6.61 Å². The van der Waals surface area contributed by atoms with Crippen LogP contribution >= 0.6 is 38.5 Å². The van der Waals surface area contributed by atoms with E-state index < -0.39 is 10.8 Å². The van der Waals surface area contributed by atoms with E-state index in [9.17, 15) is 20.0 Å². The molecule has 1 amide bonds. The molecule has 0 radical (unpaired) electrons. The van der Waals surface area contributed by atoms with Crippen LogP contribution < -0.4 is 14.9 Å². The number of non-ortho nitro benzene ring substituents is 1. The summed E-state index contributed by atoms with van der Waals surface area (Å²) in [5.41, 5.74) is 3.89. The highest BCUT2D eigenvalue weighted by molar-refractivity contribution is 14.1. The van der Waals surface area contributed by atoms with Crippen LogP contribution in [0.15, 0.2) is 64.2 Å². The Balaban J connectivity index is 1.69. The molecule has 0 aliphatic carbocycles. The number of halogens is 2. The van der Waals surface area contributed by atoms with E-state index in [4.69, 9.17) is 9.47 Å². The summed E-state index contributed by atoms with van der Waals surface area (Å²) in [4.78, 5) is 22.6. The number of carbonyl (C=O) groups is 1. The van der Waals surface area contributed by atoms with Crippen LogP contribution in [0.1, 0.15) is 21.5 Å². The Morgan fingerprint density at radius 1 is 1.24 bits per heavy atom. The van der Waals surface area contributed by atoms with E-state index in [1.54, 1.807) is 30.3 Å². The Labute approximate surface area is 210 Å². The maximum atomic E-state index is 12.2. The molecular weight excluding hydrogens is 609 g/mol. The lowest BCUT2D eigenvalue weighted by Crippen LogP contribution is -2.17. The van der Waals surface area contributed by atoms with Crippen LogP contribution in [0.3, 0.4) is 0 Å². The molecule has 2 N–H and O–H groups in total. The molecule has 0 aliphatic rings. The van der Waals surface area contributed by atoms with Gasteiger partial charge in [0.2, 0.25) is 0 Å². The summed E-state index contributed by atoms with van der Waals surface area (Å²) >= 11 is 5.35. The molecule has 170 valence electrons. The third-order valence-electron chi connectivity index (χ3n) is 4.37. The van der Waals surface area contributed by atoms with Crippen LogP contribution in [0, 0.1) is 13.7 Å². The standard InChI is InChI=1S/C22H17BrIN3O6/c1-32-20-9-14(11-25-26-22(29)17-10-15(23)4-7-19(17)28)8-18(24)21(20)33-12-13-2-5-16(6-3-13)27(30)31/h2-11,28H,12H2,1H3,(H,26,29)/b25-11-. The van der Waals surface area contributed by atoms with Crippen LogP contribution in [0.5, 0.6) is 17.2 Å². The van der Waals surface area contributed by atoms with Gasteiger partial charge in [-0.3, -0.25) is 14.9 Å². The number of hydrazone groups is 1. The Bertz CT molecular complexity index is 1220. The number of hydrogen-bond acceptors (Lipinski definition) is 7. The number of amides is 1. The smallest absolute Gasteiger partial charge is 0.275 e. The lowest BCUT2D eigenvalue weighted by molar-refractivity contribution is -0.384. The fourth-order valence-corrected chi connectivity index (χ4v) is 3.88. The largest absolute Gasteiger partial charge is 0.507 e. The van der Waals surface area contributed by atoms with Crippen molar-refractivity contribution in [3.8, 4) is 17.2 Å². The minimum absolute atomic E-state index is 0.0109. The van der Waals surface area contributed by atoms with E-state index in [0.717, 1.165) is 9.13 Å². The molecule has 0 atom stereocenters. The van der Waals surface area contributed by atoms with E-state index in [2.05, 4.69) is 49.0 Å². The number of ether oxygens (including phenoxy) is 2. The van der Waals surface area contributed by atoms with Crippen LogP contribution in [-0.2, 0) is 6.61 Å². The van der Waals surface area contributed by atoms with Gasteiger partial charge in [0.15, 0.2) is 11.5 Å². The second-order valence-corrected chi connectivity index (χ2v) is 8.68. The van der Waals surface area contributed by atoms with Gasteiger partial charge in [-0.2, -0.15) is 5.10 Å². The Morgan fingerprint density at radius 3 is 2.64 bits per heavy atom. The molecule has 3 aromatic carbocycles. The molecule has 0 bridgehead atoms. The maximum absolute atomic E-state index is 12.2. The lowest BCUT2D eigenvalue weighted by Gasteiger charge is -2.13. The van der Waals surface area contributed by atoms with Crippen LogP contribution in [0.2, 0.25) is 0 Å². The van der Waals surface area contributed by atoms with E-state index in [1.807, 2.05) is 0 Å². The molecule has 0 heterocycles. The molecule has 9 nitrogen and oxygen atoms in total. The molecule has 0 spiro atoms. The van der Waals surface area contributed by atoms with Gasteiger partial charge in [0.05, 0.1) is 27.4 Å². The fourth-order valence-electron chi connectivity index (χ4n) is 2.74. The first-order valence-electron chi connectivity index (χ1n) is 9.34. The van der Waals surface area contributed by atoms with Gasteiger partial charge >= 0.3 is 0 Å². The predicted molar refractivity (Wildman–Crippen MR) is 134 cm³/mol. The van der Waals surface area contributed by atoms with E-state index in [-0.39, 0.29) is 23.6 Å². The number of nitrogens with zero attached hydrogens (tertiary/aromatic N) is 2. The Kier molecular flexibility index (Phi) is 8.22. The average molecular weight is 626 g/mol. The molecule has 0 fully saturated rings. The monoisotopic (exact) mass is 625 g/mol. The third-order valence-corrected chi connectivity index (χ3v) is 5.66. The highest BCUT2D eigenvalue weighted by atomic mass is 127. The minimum Gasteiger partial charge on any atom is -0.507 e. The summed E-state index contributed by atoms with van der Waals surface area (Å²) in [6, 6.07) is 14.1. The van der Waals surface area contributed by atoms with Crippen molar-refractivity contribution in [2.24, 2.45) is 5.10 Å². The molecule has 0 unspecified atom stereocenters. The Hall–Kier alpha value is -3.19. The molecular formula is C22H17BrIN3O6. The molecule has 3 rings (SSSR count). The summed E-state index contributed by atoms with van der Waals surface area (Å²) in [6.07, 6.45) is 1.44. The number of carbonyl (C=O) groups excluding carboxylic acids is 1. The highest BCUT2D eigenvalue weighted by Crippen LogP contribution is 2.34. The summed E-state index contributed by atoms with van der Waals surface area (Å²) in [7, 11) is 1.50. The molecule has 0 saturated carbocycles. The molecule has 0 saturated heterocycles. The summed E-state index contributed by atoms with van der Waals surface area (Å²) in [5.74, 6) is 0.254. The number of aromatic hydroxyl groups is 1. The topological polar surface area (TPSA) is 123 Å². The molecule has 3 aromatic rings. The van der Waals surface area contributed by atoms with Gasteiger partial charge in [0, 0.05) is 16.6 Å². The van der Waals surface area contributed by atoms with Gasteiger partial charge in [0.25, 0.3) is 11.6 Å². The number of phenolic OH excluding ortho intramolecular Hbond substituents is 1. The lowest BCUT2D eigenvalue weighted by atomic mass is 10.2. The third kappa shape index (κ3) is 6.42. The zero-order chi connectivity index (χ0) is 24.0. The number of hydrogen-bond donors (Lipinski definition) is 2. The number of methoxy groups -OCH3 is 1. The first-order chi connectivity index (χ1) is 15.8. The van der Waals surface area contributed by atoms with Crippen molar-refractivity contribution in [3.05, 3.63) is 89.4 Å². The second kappa shape index (κ2) is 11.1. The van der Waals surface area contributed by atoms with Gasteiger partial charge in [-0.25, -0.2) is 5.43 Å². The van der Waals surface area contributed by atoms with Gasteiger partial charge in [-0.1, -0.05) is 15.9 Å².